The summed E-state index contributed by atoms with van der Waals surface area (Å²) in [6.45, 7) is 4.17. The maximum Gasteiger partial charge on any atom is 0.343 e. The van der Waals surface area contributed by atoms with Crippen LogP contribution in [-0.2, 0) is 0 Å². The van der Waals surface area contributed by atoms with E-state index in [9.17, 15) is 9.59 Å². The summed E-state index contributed by atoms with van der Waals surface area (Å²) in [4.78, 5) is 30.8. The van der Waals surface area contributed by atoms with Gasteiger partial charge in [-0.05, 0) is 80.1 Å². The van der Waals surface area contributed by atoms with Crippen LogP contribution >= 0.6 is 11.6 Å². The minimum absolute atomic E-state index is 0.263. The Morgan fingerprint density at radius 3 is 2.54 bits per heavy atom. The van der Waals surface area contributed by atoms with E-state index in [-0.39, 0.29) is 11.3 Å². The number of esters is 1. The first kappa shape index (κ1) is 25.9. The van der Waals surface area contributed by atoms with Crippen molar-refractivity contribution in [2.75, 3.05) is 6.61 Å². The van der Waals surface area contributed by atoms with Crippen molar-refractivity contribution < 1.29 is 14.3 Å². The SMILES string of the molecule is CCOc1cc(C=Nn2c(-c3cccc(C)c3)nc3ccccc3c2=O)ccc1OC(=O)c1ccc(Cl)cc1. The first-order valence-corrected chi connectivity index (χ1v) is 12.7. The summed E-state index contributed by atoms with van der Waals surface area (Å²) in [5.41, 5.74) is 3.12. The number of hydrogen-bond donors (Lipinski definition) is 0. The predicted molar refractivity (Wildman–Crippen MR) is 153 cm³/mol. The molecule has 0 saturated carbocycles. The minimum Gasteiger partial charge on any atom is -0.490 e. The molecule has 0 radical (unpaired) electrons. The van der Waals surface area contributed by atoms with Crippen LogP contribution in [0.3, 0.4) is 0 Å². The lowest BCUT2D eigenvalue weighted by Crippen LogP contribution is -2.20. The van der Waals surface area contributed by atoms with Gasteiger partial charge < -0.3 is 9.47 Å². The second kappa shape index (κ2) is 11.3. The molecule has 194 valence electrons. The molecule has 8 heteroatoms. The van der Waals surface area contributed by atoms with Gasteiger partial charge in [0.25, 0.3) is 5.56 Å². The van der Waals surface area contributed by atoms with Gasteiger partial charge in [-0.3, -0.25) is 4.79 Å². The standard InChI is InChI=1S/C31H24ClN3O4/c1-3-38-28-18-21(11-16-27(28)39-31(37)22-12-14-24(32)15-13-22)19-33-35-29(23-8-6-7-20(2)17-23)34-26-10-5-4-9-25(26)30(35)36/h4-19H,3H2,1-2H3. The van der Waals surface area contributed by atoms with Gasteiger partial charge in [0.2, 0.25) is 0 Å². The fourth-order valence-electron chi connectivity index (χ4n) is 4.03. The predicted octanol–water partition coefficient (Wildman–Crippen LogP) is 6.53. The van der Waals surface area contributed by atoms with E-state index in [4.69, 9.17) is 26.1 Å². The number of carbonyl (C=O) groups is 1. The van der Waals surface area contributed by atoms with Crippen LogP contribution in [-0.4, -0.2) is 28.5 Å². The van der Waals surface area contributed by atoms with Gasteiger partial charge in [-0.15, -0.1) is 0 Å². The van der Waals surface area contributed by atoms with Crippen LogP contribution in [0, 0.1) is 6.92 Å². The quantitative estimate of drug-likeness (QED) is 0.134. The number of fused-ring (bicyclic) bond motifs is 1. The molecule has 5 rings (SSSR count). The molecule has 7 nitrogen and oxygen atoms in total. The Balaban J connectivity index is 1.52. The van der Waals surface area contributed by atoms with Crippen molar-refractivity contribution in [1.29, 1.82) is 0 Å². The number of aryl methyl sites for hydroxylation is 1. The molecule has 0 aliphatic carbocycles. The second-order valence-corrected chi connectivity index (χ2v) is 9.16. The Hall–Kier alpha value is -4.75. The van der Waals surface area contributed by atoms with Gasteiger partial charge >= 0.3 is 5.97 Å². The van der Waals surface area contributed by atoms with Crippen LogP contribution < -0.4 is 15.0 Å². The molecular formula is C31H24ClN3O4. The van der Waals surface area contributed by atoms with Crippen molar-refractivity contribution >= 4 is 34.7 Å². The molecule has 0 fully saturated rings. The Labute approximate surface area is 229 Å². The largest absolute Gasteiger partial charge is 0.490 e. The summed E-state index contributed by atoms with van der Waals surface area (Å²) in [5, 5.41) is 5.51. The Morgan fingerprint density at radius 1 is 0.974 bits per heavy atom. The van der Waals surface area contributed by atoms with E-state index in [2.05, 4.69) is 5.10 Å². The molecule has 39 heavy (non-hydrogen) atoms. The molecule has 4 aromatic carbocycles. The maximum atomic E-state index is 13.4. The van der Waals surface area contributed by atoms with Crippen molar-refractivity contribution in [2.24, 2.45) is 5.10 Å². The summed E-state index contributed by atoms with van der Waals surface area (Å²) < 4.78 is 12.6. The average Bonchev–Trinajstić information content (AvgIpc) is 2.94. The van der Waals surface area contributed by atoms with Crippen molar-refractivity contribution in [2.45, 2.75) is 13.8 Å². The van der Waals surface area contributed by atoms with E-state index in [1.54, 1.807) is 60.8 Å². The van der Waals surface area contributed by atoms with E-state index in [1.165, 1.54) is 4.68 Å². The van der Waals surface area contributed by atoms with Gasteiger partial charge in [0.05, 0.1) is 29.3 Å². The molecule has 0 saturated heterocycles. The van der Waals surface area contributed by atoms with E-state index in [0.29, 0.717) is 45.2 Å². The molecule has 1 aromatic heterocycles. The smallest absolute Gasteiger partial charge is 0.343 e. The van der Waals surface area contributed by atoms with Crippen molar-refractivity contribution in [1.82, 2.24) is 9.66 Å². The number of rotatable bonds is 7. The molecule has 0 aliphatic heterocycles. The van der Waals surface area contributed by atoms with E-state index >= 15 is 0 Å². The molecule has 0 spiro atoms. The highest BCUT2D eigenvalue weighted by Gasteiger charge is 2.15. The Kier molecular flexibility index (Phi) is 7.52. The van der Waals surface area contributed by atoms with Crippen molar-refractivity contribution in [3.63, 3.8) is 0 Å². The number of hydrogen-bond acceptors (Lipinski definition) is 6. The molecule has 0 N–H and O–H groups in total. The van der Waals surface area contributed by atoms with Gasteiger partial charge in [0, 0.05) is 10.6 Å². The number of carbonyl (C=O) groups excluding carboxylic acids is 1. The maximum absolute atomic E-state index is 13.4. The summed E-state index contributed by atoms with van der Waals surface area (Å²) in [6, 6.07) is 26.4. The van der Waals surface area contributed by atoms with E-state index in [1.807, 2.05) is 50.2 Å². The Morgan fingerprint density at radius 2 is 1.77 bits per heavy atom. The lowest BCUT2D eigenvalue weighted by molar-refractivity contribution is 0.0728. The lowest BCUT2D eigenvalue weighted by Gasteiger charge is -2.12. The molecule has 0 amide bonds. The van der Waals surface area contributed by atoms with Gasteiger partial charge in [0.15, 0.2) is 17.3 Å². The van der Waals surface area contributed by atoms with Crippen LogP contribution in [0.25, 0.3) is 22.3 Å². The monoisotopic (exact) mass is 537 g/mol. The summed E-state index contributed by atoms with van der Waals surface area (Å²) in [5.74, 6) is 0.522. The molecule has 0 unspecified atom stereocenters. The molecule has 0 aliphatic rings. The number of para-hydroxylation sites is 1. The van der Waals surface area contributed by atoms with Crippen LogP contribution in [0.15, 0.2) is 101 Å². The van der Waals surface area contributed by atoms with Crippen molar-refractivity contribution in [3.8, 4) is 22.9 Å². The van der Waals surface area contributed by atoms with E-state index < -0.39 is 5.97 Å². The normalized spacial score (nSPS) is 11.2. The van der Waals surface area contributed by atoms with Crippen LogP contribution in [0.5, 0.6) is 11.5 Å². The fraction of sp³-hybridized carbons (Fsp3) is 0.0968. The highest BCUT2D eigenvalue weighted by Crippen LogP contribution is 2.29. The summed E-state index contributed by atoms with van der Waals surface area (Å²) in [7, 11) is 0. The van der Waals surface area contributed by atoms with Gasteiger partial charge in [-0.1, -0.05) is 47.5 Å². The first-order chi connectivity index (χ1) is 18.9. The average molecular weight is 538 g/mol. The minimum atomic E-state index is -0.536. The van der Waals surface area contributed by atoms with E-state index in [0.717, 1.165) is 11.1 Å². The number of nitrogens with zero attached hydrogens (tertiary/aromatic N) is 3. The molecule has 0 atom stereocenters. The lowest BCUT2D eigenvalue weighted by atomic mass is 10.1. The van der Waals surface area contributed by atoms with Crippen molar-refractivity contribution in [3.05, 3.63) is 123 Å². The molecule has 5 aromatic rings. The third kappa shape index (κ3) is 5.73. The zero-order valence-electron chi connectivity index (χ0n) is 21.3. The summed E-state index contributed by atoms with van der Waals surface area (Å²) >= 11 is 5.91. The Bertz CT molecular complexity index is 1760. The zero-order chi connectivity index (χ0) is 27.4. The van der Waals surface area contributed by atoms with Crippen LogP contribution in [0.2, 0.25) is 5.02 Å². The van der Waals surface area contributed by atoms with Crippen LogP contribution in [0.4, 0.5) is 0 Å². The van der Waals surface area contributed by atoms with Gasteiger partial charge in [-0.2, -0.15) is 9.78 Å². The van der Waals surface area contributed by atoms with Gasteiger partial charge in [0.1, 0.15) is 0 Å². The topological polar surface area (TPSA) is 82.8 Å². The summed E-state index contributed by atoms with van der Waals surface area (Å²) in [6.07, 6.45) is 1.55. The number of ether oxygens (including phenoxy) is 2. The second-order valence-electron chi connectivity index (χ2n) is 8.72. The molecule has 1 heterocycles. The number of aromatic nitrogens is 2. The van der Waals surface area contributed by atoms with Crippen LogP contribution in [0.1, 0.15) is 28.4 Å². The number of benzene rings is 4. The number of halogens is 1. The zero-order valence-corrected chi connectivity index (χ0v) is 22.1. The third-order valence-corrected chi connectivity index (χ3v) is 6.15. The molecular weight excluding hydrogens is 514 g/mol. The third-order valence-electron chi connectivity index (χ3n) is 5.90. The highest BCUT2D eigenvalue weighted by molar-refractivity contribution is 6.30. The first-order valence-electron chi connectivity index (χ1n) is 12.3. The fourth-order valence-corrected chi connectivity index (χ4v) is 4.15. The van der Waals surface area contributed by atoms with Gasteiger partial charge in [-0.25, -0.2) is 9.78 Å². The highest BCUT2D eigenvalue weighted by atomic mass is 35.5. The molecule has 0 bridgehead atoms.